The van der Waals surface area contributed by atoms with E-state index in [4.69, 9.17) is 4.98 Å². The highest BCUT2D eigenvalue weighted by molar-refractivity contribution is 5.97. The van der Waals surface area contributed by atoms with E-state index in [0.29, 0.717) is 32.5 Å². The van der Waals surface area contributed by atoms with Gasteiger partial charge in [0.05, 0.1) is 17.9 Å². The van der Waals surface area contributed by atoms with Crippen LogP contribution < -0.4 is 10.2 Å². The topological polar surface area (TPSA) is 68.8 Å². The summed E-state index contributed by atoms with van der Waals surface area (Å²) in [5, 5.41) is 3.52. The molecular formula is C29H40FN5O2. The van der Waals surface area contributed by atoms with Crippen LogP contribution in [0.5, 0.6) is 0 Å². The van der Waals surface area contributed by atoms with Crippen molar-refractivity contribution in [1.29, 1.82) is 0 Å². The molecule has 3 aliphatic rings. The molecule has 3 aliphatic heterocycles. The summed E-state index contributed by atoms with van der Waals surface area (Å²) in [6.45, 7) is 10.3. The largest absolute Gasteiger partial charge is 0.341 e. The van der Waals surface area contributed by atoms with Crippen molar-refractivity contribution in [3.8, 4) is 0 Å². The Morgan fingerprint density at radius 1 is 1.22 bits per heavy atom. The molecule has 200 valence electrons. The molecule has 2 aromatic rings. The van der Waals surface area contributed by atoms with Gasteiger partial charge in [-0.15, -0.1) is 0 Å². The number of carbonyl (C=O) groups is 2. The third-order valence-electron chi connectivity index (χ3n) is 7.70. The number of rotatable bonds is 6. The van der Waals surface area contributed by atoms with Crippen molar-refractivity contribution in [3.63, 3.8) is 0 Å². The Balaban J connectivity index is 0.00000320. The molecule has 1 N–H and O–H groups in total. The molecule has 2 fully saturated rings. The average molecular weight is 510 g/mol. The molecule has 2 amide bonds. The second-order valence-electron chi connectivity index (χ2n) is 11.2. The summed E-state index contributed by atoms with van der Waals surface area (Å²) in [5.74, 6) is 0.0308. The lowest BCUT2D eigenvalue weighted by Crippen LogP contribution is -2.60. The molecule has 0 spiro atoms. The third kappa shape index (κ3) is 5.85. The molecule has 4 heterocycles. The predicted octanol–water partition coefficient (Wildman–Crippen LogP) is 3.36. The highest BCUT2D eigenvalue weighted by Gasteiger charge is 2.41. The molecule has 1 aromatic heterocycles. The second-order valence-corrected chi connectivity index (χ2v) is 11.2. The van der Waals surface area contributed by atoms with Crippen molar-refractivity contribution in [3.05, 3.63) is 59.2 Å². The summed E-state index contributed by atoms with van der Waals surface area (Å²) >= 11 is 0. The van der Waals surface area contributed by atoms with Gasteiger partial charge >= 0.3 is 0 Å². The zero-order valence-corrected chi connectivity index (χ0v) is 21.5. The average Bonchev–Trinajstić information content (AvgIpc) is 3.36. The molecule has 2 atom stereocenters. The van der Waals surface area contributed by atoms with Gasteiger partial charge in [-0.3, -0.25) is 19.5 Å². The van der Waals surface area contributed by atoms with Gasteiger partial charge in [-0.2, -0.15) is 0 Å². The quantitative estimate of drug-likeness (QED) is 0.647. The van der Waals surface area contributed by atoms with Gasteiger partial charge in [-0.25, -0.2) is 4.39 Å². The molecule has 2 saturated heterocycles. The van der Waals surface area contributed by atoms with Gasteiger partial charge in [0.25, 0.3) is 0 Å². The number of pyridine rings is 1. The molecule has 0 bridgehead atoms. The number of carbonyl (C=O) groups excluding carboxylic acids is 2. The standard InChI is InChI=1S/C28H36FN5O2.CH4/c1-19-15-33(23(14-30-19)16-32-10-4-5-25(32)35)17-26(36)34-18-28(2,3)27-24(34)12-21(13-31-27)11-20-6-8-22(29)9-7-20;/h6-9,12-13,19,23,30H,4-5,10-11,14-18H2,1-3H3;1H4/t19-,23-;/m1./s1. The van der Waals surface area contributed by atoms with Gasteiger partial charge in [-0.1, -0.05) is 33.4 Å². The Kier molecular flexibility index (Phi) is 7.99. The molecule has 1 aromatic carbocycles. The number of aromatic nitrogens is 1. The highest BCUT2D eigenvalue weighted by Crippen LogP contribution is 2.39. The molecule has 37 heavy (non-hydrogen) atoms. The predicted molar refractivity (Wildman–Crippen MR) is 144 cm³/mol. The Hall–Kier alpha value is -2.84. The first-order valence-electron chi connectivity index (χ1n) is 13.0. The SMILES string of the molecule is C.C[C@@H]1CN(CC(=O)N2CC(C)(C)c3ncc(Cc4ccc(F)cc4)cc32)[C@@H](CN2CCCC2=O)CN1. The van der Waals surface area contributed by atoms with Gasteiger partial charge in [-0.05, 0) is 49.1 Å². The number of hydrogen-bond donors (Lipinski definition) is 1. The summed E-state index contributed by atoms with van der Waals surface area (Å²) in [6.07, 6.45) is 4.05. The van der Waals surface area contributed by atoms with Gasteiger partial charge < -0.3 is 15.1 Å². The molecule has 7 nitrogen and oxygen atoms in total. The number of nitrogens with zero attached hydrogens (tertiary/aromatic N) is 4. The number of likely N-dealkylation sites (tertiary alicyclic amines) is 1. The summed E-state index contributed by atoms with van der Waals surface area (Å²) in [4.78, 5) is 36.8. The van der Waals surface area contributed by atoms with Gasteiger partial charge in [0.15, 0.2) is 0 Å². The maximum absolute atomic E-state index is 13.7. The summed E-state index contributed by atoms with van der Waals surface area (Å²) < 4.78 is 13.3. The number of halogens is 1. The Labute approximate surface area is 220 Å². The molecule has 5 rings (SSSR count). The number of piperazine rings is 1. The van der Waals surface area contributed by atoms with E-state index in [9.17, 15) is 14.0 Å². The van der Waals surface area contributed by atoms with Crippen LogP contribution in [0.4, 0.5) is 10.1 Å². The van der Waals surface area contributed by atoms with Crippen molar-refractivity contribution >= 4 is 17.5 Å². The number of nitrogens with one attached hydrogen (secondary N) is 1. The fourth-order valence-electron chi connectivity index (χ4n) is 5.75. The van der Waals surface area contributed by atoms with Crippen LogP contribution >= 0.6 is 0 Å². The van der Waals surface area contributed by atoms with E-state index in [1.165, 1.54) is 12.1 Å². The van der Waals surface area contributed by atoms with Crippen LogP contribution in [-0.2, 0) is 21.4 Å². The first kappa shape index (κ1) is 27.2. The normalized spacial score (nSPS) is 23.2. The lowest BCUT2D eigenvalue weighted by molar-refractivity contribution is -0.128. The third-order valence-corrected chi connectivity index (χ3v) is 7.70. The number of benzene rings is 1. The minimum atomic E-state index is -0.251. The Morgan fingerprint density at radius 2 is 1.97 bits per heavy atom. The monoisotopic (exact) mass is 509 g/mol. The minimum Gasteiger partial charge on any atom is -0.341 e. The van der Waals surface area contributed by atoms with Crippen molar-refractivity contribution in [2.45, 2.75) is 65.0 Å². The van der Waals surface area contributed by atoms with Crippen LogP contribution in [0.25, 0.3) is 0 Å². The summed E-state index contributed by atoms with van der Waals surface area (Å²) in [6, 6.07) is 8.97. The van der Waals surface area contributed by atoms with Crippen LogP contribution in [0.1, 0.15) is 57.9 Å². The number of hydrogen-bond acceptors (Lipinski definition) is 5. The minimum absolute atomic E-state index is 0. The zero-order valence-electron chi connectivity index (χ0n) is 21.5. The number of amides is 2. The van der Waals surface area contributed by atoms with Crippen LogP contribution in [0.15, 0.2) is 36.5 Å². The number of anilines is 1. The van der Waals surface area contributed by atoms with Crippen LogP contribution in [0.2, 0.25) is 0 Å². The Morgan fingerprint density at radius 3 is 2.68 bits per heavy atom. The lowest BCUT2D eigenvalue weighted by Gasteiger charge is -2.41. The lowest BCUT2D eigenvalue weighted by atomic mass is 9.91. The first-order valence-corrected chi connectivity index (χ1v) is 13.0. The fourth-order valence-corrected chi connectivity index (χ4v) is 5.75. The summed E-state index contributed by atoms with van der Waals surface area (Å²) in [5.41, 5.74) is 3.57. The van der Waals surface area contributed by atoms with Crippen LogP contribution in [0, 0.1) is 5.82 Å². The van der Waals surface area contributed by atoms with Crippen LogP contribution in [-0.4, -0.2) is 78.0 Å². The first-order chi connectivity index (χ1) is 17.2. The maximum atomic E-state index is 13.7. The van der Waals surface area contributed by atoms with Crippen LogP contribution in [0.3, 0.4) is 0 Å². The number of fused-ring (bicyclic) bond motifs is 1. The Bertz CT molecular complexity index is 1140. The van der Waals surface area contributed by atoms with E-state index >= 15 is 0 Å². The van der Waals surface area contributed by atoms with Gasteiger partial charge in [0, 0.05) is 62.8 Å². The summed E-state index contributed by atoms with van der Waals surface area (Å²) in [7, 11) is 0. The second kappa shape index (κ2) is 10.9. The highest BCUT2D eigenvalue weighted by atomic mass is 19.1. The van der Waals surface area contributed by atoms with E-state index in [1.807, 2.05) is 16.0 Å². The van der Waals surface area contributed by atoms with E-state index in [-0.39, 0.29) is 42.6 Å². The molecular weight excluding hydrogens is 469 g/mol. The molecule has 0 radical (unpaired) electrons. The van der Waals surface area contributed by atoms with E-state index in [2.05, 4.69) is 37.1 Å². The van der Waals surface area contributed by atoms with Crippen molar-refractivity contribution in [2.75, 3.05) is 44.2 Å². The molecule has 8 heteroatoms. The van der Waals surface area contributed by atoms with Crippen molar-refractivity contribution in [1.82, 2.24) is 20.1 Å². The molecule has 0 saturated carbocycles. The zero-order chi connectivity index (χ0) is 25.4. The smallest absolute Gasteiger partial charge is 0.241 e. The molecule has 0 aliphatic carbocycles. The maximum Gasteiger partial charge on any atom is 0.241 e. The van der Waals surface area contributed by atoms with E-state index in [0.717, 1.165) is 48.6 Å². The van der Waals surface area contributed by atoms with Gasteiger partial charge in [0.2, 0.25) is 11.8 Å². The van der Waals surface area contributed by atoms with Crippen molar-refractivity contribution in [2.24, 2.45) is 0 Å². The fraction of sp³-hybridized carbons (Fsp3) is 0.552. The van der Waals surface area contributed by atoms with Gasteiger partial charge in [0.1, 0.15) is 5.82 Å². The molecule has 0 unspecified atom stereocenters. The van der Waals surface area contributed by atoms with E-state index < -0.39 is 0 Å². The van der Waals surface area contributed by atoms with Crippen molar-refractivity contribution < 1.29 is 14.0 Å². The van der Waals surface area contributed by atoms with E-state index in [1.54, 1.807) is 12.1 Å².